The molecule has 1 radical (unpaired) electrons. The fourth-order valence-corrected chi connectivity index (χ4v) is 1.43. The molecule has 0 aliphatic carbocycles. The second-order valence-corrected chi connectivity index (χ2v) is 3.01. The molecule has 0 amide bonds. The van der Waals surface area contributed by atoms with Gasteiger partial charge in [-0.2, -0.15) is 4.98 Å². The van der Waals surface area contributed by atoms with Crippen molar-refractivity contribution in [2.75, 3.05) is 12.3 Å². The Balaban J connectivity index is 0.000000980. The molecule has 1 atom stereocenters. The quantitative estimate of drug-likeness (QED) is 0.663. The zero-order chi connectivity index (χ0) is 9.26. The Labute approximate surface area is 124 Å². The van der Waals surface area contributed by atoms with Crippen molar-refractivity contribution < 1.29 is 4.74 Å². The maximum absolute atomic E-state index is 11.3. The minimum absolute atomic E-state index is 0. The molecule has 71 valence electrons. The first-order chi connectivity index (χ1) is 6.27. The SMILES string of the molecule is Nc1ccn([C@H]2CCCO2)c(=O)n1.[K]. The van der Waals surface area contributed by atoms with Gasteiger partial charge in [-0.25, -0.2) is 4.79 Å². The van der Waals surface area contributed by atoms with Gasteiger partial charge in [-0.15, -0.1) is 0 Å². The van der Waals surface area contributed by atoms with Gasteiger partial charge in [0.05, 0.1) is 0 Å². The molecule has 1 aromatic rings. The number of nitrogen functional groups attached to an aromatic ring is 1. The van der Waals surface area contributed by atoms with E-state index in [1.807, 2.05) is 0 Å². The molecule has 1 aromatic heterocycles. The average Bonchev–Trinajstić information content (AvgIpc) is 2.56. The van der Waals surface area contributed by atoms with Crippen LogP contribution in [0.1, 0.15) is 19.1 Å². The Morgan fingerprint density at radius 3 is 3.00 bits per heavy atom. The van der Waals surface area contributed by atoms with Crippen molar-refractivity contribution in [3.8, 4) is 0 Å². The number of ether oxygens (including phenoxy) is 1. The summed E-state index contributed by atoms with van der Waals surface area (Å²) in [5.41, 5.74) is 5.02. The van der Waals surface area contributed by atoms with Gasteiger partial charge in [0.15, 0.2) is 0 Å². The maximum atomic E-state index is 11.3. The van der Waals surface area contributed by atoms with Crippen LogP contribution in [0.15, 0.2) is 17.1 Å². The van der Waals surface area contributed by atoms with Crippen molar-refractivity contribution in [3.63, 3.8) is 0 Å². The molecule has 2 heterocycles. The number of aromatic nitrogens is 2. The number of hydrogen-bond acceptors (Lipinski definition) is 4. The first-order valence-corrected chi connectivity index (χ1v) is 4.23. The molecular weight excluding hydrogens is 209 g/mol. The molecule has 1 saturated heterocycles. The minimum atomic E-state index is -0.341. The summed E-state index contributed by atoms with van der Waals surface area (Å²) < 4.78 is 6.82. The molecule has 1 aliphatic heterocycles. The van der Waals surface area contributed by atoms with Gasteiger partial charge in [0, 0.05) is 64.2 Å². The third-order valence-electron chi connectivity index (χ3n) is 2.07. The Kier molecular flexibility index (Phi) is 4.75. The summed E-state index contributed by atoms with van der Waals surface area (Å²) in [4.78, 5) is 14.9. The van der Waals surface area contributed by atoms with Crippen LogP contribution in [0.2, 0.25) is 0 Å². The van der Waals surface area contributed by atoms with E-state index in [0.29, 0.717) is 6.61 Å². The van der Waals surface area contributed by atoms with E-state index in [-0.39, 0.29) is 69.1 Å². The number of anilines is 1. The van der Waals surface area contributed by atoms with Gasteiger partial charge in [0.1, 0.15) is 12.0 Å². The van der Waals surface area contributed by atoms with Crippen molar-refractivity contribution >= 4 is 57.2 Å². The van der Waals surface area contributed by atoms with E-state index >= 15 is 0 Å². The zero-order valence-electron chi connectivity index (χ0n) is 8.14. The third kappa shape index (κ3) is 2.65. The smallest absolute Gasteiger partial charge is 0.351 e. The number of hydrogen-bond donors (Lipinski definition) is 1. The van der Waals surface area contributed by atoms with E-state index in [9.17, 15) is 4.79 Å². The number of rotatable bonds is 1. The van der Waals surface area contributed by atoms with E-state index < -0.39 is 0 Å². The molecule has 6 heteroatoms. The molecule has 2 N–H and O–H groups in total. The normalized spacial score (nSPS) is 20.4. The summed E-state index contributed by atoms with van der Waals surface area (Å²) in [7, 11) is 0. The van der Waals surface area contributed by atoms with Crippen molar-refractivity contribution in [2.24, 2.45) is 0 Å². The molecule has 5 nitrogen and oxygen atoms in total. The molecule has 0 spiro atoms. The van der Waals surface area contributed by atoms with Crippen LogP contribution in [0.25, 0.3) is 0 Å². The molecule has 1 aliphatic rings. The van der Waals surface area contributed by atoms with Gasteiger partial charge < -0.3 is 10.5 Å². The Bertz CT molecular complexity index is 360. The van der Waals surface area contributed by atoms with E-state index in [2.05, 4.69) is 4.98 Å². The largest absolute Gasteiger partial charge is 0.383 e. The van der Waals surface area contributed by atoms with Crippen LogP contribution in [0, 0.1) is 0 Å². The topological polar surface area (TPSA) is 70.1 Å². The Morgan fingerprint density at radius 2 is 2.43 bits per heavy atom. The molecular formula is C8H11KN3O2. The van der Waals surface area contributed by atoms with Gasteiger partial charge in [-0.1, -0.05) is 0 Å². The third-order valence-corrected chi connectivity index (χ3v) is 2.07. The van der Waals surface area contributed by atoms with Gasteiger partial charge in [0.2, 0.25) is 0 Å². The van der Waals surface area contributed by atoms with Crippen molar-refractivity contribution in [2.45, 2.75) is 19.1 Å². The first kappa shape index (κ1) is 12.3. The first-order valence-electron chi connectivity index (χ1n) is 4.23. The van der Waals surface area contributed by atoms with Gasteiger partial charge in [-0.05, 0) is 18.9 Å². The second kappa shape index (κ2) is 5.38. The van der Waals surface area contributed by atoms with E-state index in [0.717, 1.165) is 12.8 Å². The van der Waals surface area contributed by atoms with Gasteiger partial charge in [-0.3, -0.25) is 4.57 Å². The van der Waals surface area contributed by atoms with Gasteiger partial charge >= 0.3 is 5.69 Å². The van der Waals surface area contributed by atoms with E-state index in [1.54, 1.807) is 12.3 Å². The summed E-state index contributed by atoms with van der Waals surface area (Å²) in [6.45, 7) is 0.710. The van der Waals surface area contributed by atoms with E-state index in [1.165, 1.54) is 4.57 Å². The Hall–Kier alpha value is 0.276. The predicted molar refractivity (Wildman–Crippen MR) is 52.9 cm³/mol. The zero-order valence-corrected chi connectivity index (χ0v) is 11.3. The van der Waals surface area contributed by atoms with E-state index in [4.69, 9.17) is 10.5 Å². The summed E-state index contributed by atoms with van der Waals surface area (Å²) in [5.74, 6) is 0.249. The maximum Gasteiger partial charge on any atom is 0.351 e. The Morgan fingerprint density at radius 1 is 1.64 bits per heavy atom. The van der Waals surface area contributed by atoms with Crippen molar-refractivity contribution in [1.29, 1.82) is 0 Å². The summed E-state index contributed by atoms with van der Waals surface area (Å²) >= 11 is 0. The molecule has 1 fully saturated rings. The standard InChI is InChI=1S/C8H11N3O2.K/c9-6-3-4-11(8(12)10-6)7-2-1-5-13-7;/h3-4,7H,1-2,5H2,(H2,9,10,12);/t7-;/m1./s1. The van der Waals surface area contributed by atoms with Crippen LogP contribution in [-0.2, 0) is 4.74 Å². The molecule has 0 bridgehead atoms. The number of nitrogens with zero attached hydrogens (tertiary/aromatic N) is 2. The van der Waals surface area contributed by atoms with Crippen LogP contribution in [0.5, 0.6) is 0 Å². The fourth-order valence-electron chi connectivity index (χ4n) is 1.43. The molecule has 2 rings (SSSR count). The van der Waals surface area contributed by atoms with Gasteiger partial charge in [0.25, 0.3) is 0 Å². The average molecular weight is 220 g/mol. The predicted octanol–water partition coefficient (Wildman–Crippen LogP) is -0.246. The van der Waals surface area contributed by atoms with Crippen LogP contribution >= 0.6 is 0 Å². The van der Waals surface area contributed by atoms with Crippen LogP contribution in [0.3, 0.4) is 0 Å². The summed E-state index contributed by atoms with van der Waals surface area (Å²) in [6, 6.07) is 1.60. The minimum Gasteiger partial charge on any atom is -0.383 e. The monoisotopic (exact) mass is 220 g/mol. The molecule has 0 aromatic carbocycles. The second-order valence-electron chi connectivity index (χ2n) is 3.01. The van der Waals surface area contributed by atoms with Crippen molar-refractivity contribution in [1.82, 2.24) is 9.55 Å². The van der Waals surface area contributed by atoms with Crippen LogP contribution < -0.4 is 11.4 Å². The van der Waals surface area contributed by atoms with Crippen molar-refractivity contribution in [3.05, 3.63) is 22.7 Å². The summed E-state index contributed by atoms with van der Waals surface area (Å²) in [5, 5.41) is 0. The fraction of sp³-hybridized carbons (Fsp3) is 0.500. The van der Waals surface area contributed by atoms with Crippen LogP contribution in [-0.4, -0.2) is 67.5 Å². The molecule has 14 heavy (non-hydrogen) atoms. The summed E-state index contributed by atoms with van der Waals surface area (Å²) in [6.07, 6.45) is 3.33. The van der Waals surface area contributed by atoms with Crippen LogP contribution in [0.4, 0.5) is 5.82 Å². The molecule has 0 saturated carbocycles. The molecule has 0 unspecified atom stereocenters. The number of nitrogens with two attached hydrogens (primary N) is 1.